The van der Waals surface area contributed by atoms with Crippen LogP contribution in [0.1, 0.15) is 84.5 Å². The van der Waals surface area contributed by atoms with Crippen LogP contribution >= 0.6 is 0 Å². The third kappa shape index (κ3) is 11.3. The van der Waals surface area contributed by atoms with E-state index in [2.05, 4.69) is 5.32 Å². The molecule has 11 heteroatoms. The molecule has 49 heavy (non-hydrogen) atoms. The first-order chi connectivity index (χ1) is 23.0. The monoisotopic (exact) mass is 685 g/mol. The average molecular weight is 686 g/mol. The van der Waals surface area contributed by atoms with E-state index < -0.39 is 59.5 Å². The van der Waals surface area contributed by atoms with Gasteiger partial charge in [-0.25, -0.2) is 0 Å². The molecule has 1 aromatic carbocycles. The number of nitrogens with one attached hydrogen (secondary N) is 1. The van der Waals surface area contributed by atoms with E-state index in [1.165, 1.54) is 13.8 Å². The quantitative estimate of drug-likeness (QED) is 0.109. The SMILES string of the molecule is CC[C@H](OC)[C@@H](C)C1OC1C(NC(=O)c1ccccc1)C(C)(O)/C=C/C=C(\C)C1OC(=O)C[C@H](O)CCC(C)(O)[C@@H](OC(C)=O)/C=C/[C@@H]1C. The number of methoxy groups -OCH3 is 1. The molecule has 0 bridgehead atoms. The van der Waals surface area contributed by atoms with E-state index in [4.69, 9.17) is 18.9 Å². The number of esters is 2. The molecule has 1 fully saturated rings. The molecule has 0 radical (unpaired) electrons. The highest BCUT2D eigenvalue weighted by Gasteiger charge is 2.54. The summed E-state index contributed by atoms with van der Waals surface area (Å²) in [5, 5.41) is 36.4. The molecular formula is C38H55NO10. The number of aliphatic hydroxyl groups is 3. The fraction of sp³-hybridized carbons (Fsp3) is 0.605. The Morgan fingerprint density at radius 1 is 1.18 bits per heavy atom. The molecule has 4 N–H and O–H groups in total. The van der Waals surface area contributed by atoms with Gasteiger partial charge in [0.2, 0.25) is 0 Å². The molecule has 1 saturated heterocycles. The molecule has 0 spiro atoms. The summed E-state index contributed by atoms with van der Waals surface area (Å²) in [5.74, 6) is -1.92. The second kappa shape index (κ2) is 17.5. The van der Waals surface area contributed by atoms with Crippen LogP contribution in [0.3, 0.4) is 0 Å². The maximum Gasteiger partial charge on any atom is 0.309 e. The van der Waals surface area contributed by atoms with Crippen LogP contribution in [0.4, 0.5) is 0 Å². The van der Waals surface area contributed by atoms with Crippen molar-refractivity contribution in [3.63, 3.8) is 0 Å². The van der Waals surface area contributed by atoms with Crippen LogP contribution in [0.25, 0.3) is 0 Å². The number of ether oxygens (including phenoxy) is 4. The molecule has 1 amide bonds. The summed E-state index contributed by atoms with van der Waals surface area (Å²) in [7, 11) is 1.66. The maximum atomic E-state index is 13.3. The summed E-state index contributed by atoms with van der Waals surface area (Å²) in [5.41, 5.74) is -1.96. The molecule has 11 nitrogen and oxygen atoms in total. The summed E-state index contributed by atoms with van der Waals surface area (Å²) in [6.45, 7) is 12.0. The topological polar surface area (TPSA) is 164 Å². The average Bonchev–Trinajstić information content (AvgIpc) is 3.83. The highest BCUT2D eigenvalue weighted by Crippen LogP contribution is 2.39. The highest BCUT2D eigenvalue weighted by atomic mass is 16.6. The zero-order valence-electron chi connectivity index (χ0n) is 30.0. The molecule has 0 aromatic heterocycles. The Hall–Kier alpha value is -3.35. The zero-order chi connectivity index (χ0) is 36.5. The van der Waals surface area contributed by atoms with Gasteiger partial charge >= 0.3 is 11.9 Å². The number of carbonyl (C=O) groups is 3. The van der Waals surface area contributed by atoms with Crippen LogP contribution in [-0.4, -0.2) is 94.1 Å². The minimum absolute atomic E-state index is 0.0195. The summed E-state index contributed by atoms with van der Waals surface area (Å²) < 4.78 is 22.9. The first-order valence-corrected chi connectivity index (χ1v) is 17.1. The molecule has 0 saturated carbocycles. The van der Waals surface area contributed by atoms with Crippen LogP contribution < -0.4 is 5.32 Å². The number of epoxide rings is 1. The van der Waals surface area contributed by atoms with Crippen molar-refractivity contribution >= 4 is 17.8 Å². The van der Waals surface area contributed by atoms with Gasteiger partial charge in [-0.05, 0) is 63.8 Å². The number of carbonyl (C=O) groups excluding carboxylic acids is 3. The van der Waals surface area contributed by atoms with Crippen LogP contribution in [0.15, 0.2) is 66.3 Å². The number of hydrogen-bond acceptors (Lipinski definition) is 10. The summed E-state index contributed by atoms with van der Waals surface area (Å²) in [6, 6.07) is 7.94. The second-order valence-corrected chi connectivity index (χ2v) is 13.9. The number of cyclic esters (lactones) is 1. The van der Waals surface area contributed by atoms with Gasteiger partial charge in [0.25, 0.3) is 5.91 Å². The van der Waals surface area contributed by atoms with E-state index in [1.807, 2.05) is 26.8 Å². The van der Waals surface area contributed by atoms with Crippen molar-refractivity contribution in [2.75, 3.05) is 7.11 Å². The molecule has 272 valence electrons. The molecule has 3 rings (SSSR count). The van der Waals surface area contributed by atoms with Crippen molar-refractivity contribution in [2.24, 2.45) is 11.8 Å². The highest BCUT2D eigenvalue weighted by molar-refractivity contribution is 5.94. The van der Waals surface area contributed by atoms with Gasteiger partial charge in [-0.15, -0.1) is 0 Å². The van der Waals surface area contributed by atoms with Crippen molar-refractivity contribution < 1.29 is 48.7 Å². The first kappa shape index (κ1) is 40.1. The van der Waals surface area contributed by atoms with Crippen molar-refractivity contribution in [3.05, 3.63) is 71.8 Å². The standard InChI is InChI=1S/C38H55NO10/c1-9-29(46-8)25(4)33-34(49-33)35(39-36(43)27-15-11-10-12-16-27)38(7,45)20-13-14-23(2)32-24(3)17-18-30(47-26(5)40)37(6,44)21-19-28(41)22-31(42)48-32/h10-18,20,24-25,28-30,32-35,41,44-45H,9,19,21-22H2,1-8H3,(H,39,43)/b18-17+,20-13+,23-14+/t24-,25+,28+,29-,30-,32?,33?,34?,35?,37?,38?/m0/s1. The van der Waals surface area contributed by atoms with Crippen LogP contribution in [0.2, 0.25) is 0 Å². The molecule has 2 aliphatic rings. The Kier molecular flexibility index (Phi) is 14.3. The predicted octanol–water partition coefficient (Wildman–Crippen LogP) is 4.20. The number of hydrogen-bond donors (Lipinski definition) is 4. The number of benzene rings is 1. The van der Waals surface area contributed by atoms with E-state index in [1.54, 1.807) is 75.6 Å². The summed E-state index contributed by atoms with van der Waals surface area (Å²) in [4.78, 5) is 37.9. The zero-order valence-corrected chi connectivity index (χ0v) is 30.0. The minimum atomic E-state index is -1.56. The Labute approximate surface area is 290 Å². The van der Waals surface area contributed by atoms with Gasteiger partial charge in [0.15, 0.2) is 0 Å². The third-order valence-corrected chi connectivity index (χ3v) is 9.51. The normalized spacial score (nSPS) is 32.0. The van der Waals surface area contributed by atoms with Crippen LogP contribution in [0.5, 0.6) is 0 Å². The van der Waals surface area contributed by atoms with E-state index >= 15 is 0 Å². The molecule has 6 unspecified atom stereocenters. The molecule has 11 atom stereocenters. The van der Waals surface area contributed by atoms with Gasteiger partial charge in [-0.2, -0.15) is 0 Å². The number of aliphatic hydroxyl groups excluding tert-OH is 1. The van der Waals surface area contributed by atoms with E-state index in [-0.39, 0.29) is 43.3 Å². The van der Waals surface area contributed by atoms with Gasteiger partial charge < -0.3 is 39.6 Å². The van der Waals surface area contributed by atoms with Crippen molar-refractivity contribution in [2.45, 2.75) is 128 Å². The van der Waals surface area contributed by atoms with E-state index in [9.17, 15) is 29.7 Å². The third-order valence-electron chi connectivity index (χ3n) is 9.51. The molecule has 1 aromatic rings. The number of rotatable bonds is 12. The van der Waals surface area contributed by atoms with Crippen molar-refractivity contribution in [3.8, 4) is 0 Å². The molecule has 0 aliphatic carbocycles. The maximum absolute atomic E-state index is 13.3. The largest absolute Gasteiger partial charge is 0.457 e. The summed E-state index contributed by atoms with van der Waals surface area (Å²) >= 11 is 0. The molecule has 2 heterocycles. The van der Waals surface area contributed by atoms with Gasteiger partial charge in [-0.1, -0.05) is 63.3 Å². The summed E-state index contributed by atoms with van der Waals surface area (Å²) in [6.07, 6.45) is 5.34. The number of allylic oxidation sites excluding steroid dienone is 2. The van der Waals surface area contributed by atoms with E-state index in [0.717, 1.165) is 6.42 Å². The Morgan fingerprint density at radius 2 is 1.86 bits per heavy atom. The fourth-order valence-electron chi connectivity index (χ4n) is 6.39. The smallest absolute Gasteiger partial charge is 0.309 e. The van der Waals surface area contributed by atoms with Crippen LogP contribution in [0, 0.1) is 11.8 Å². The van der Waals surface area contributed by atoms with Crippen molar-refractivity contribution in [1.82, 2.24) is 5.32 Å². The van der Waals surface area contributed by atoms with Crippen molar-refractivity contribution in [1.29, 1.82) is 0 Å². The lowest BCUT2D eigenvalue weighted by atomic mass is 9.87. The van der Waals surface area contributed by atoms with Gasteiger partial charge in [0.05, 0.1) is 30.8 Å². The minimum Gasteiger partial charge on any atom is -0.457 e. The second-order valence-electron chi connectivity index (χ2n) is 13.9. The Bertz CT molecular complexity index is 1350. The lowest BCUT2D eigenvalue weighted by Gasteiger charge is -2.32. The predicted molar refractivity (Wildman–Crippen MR) is 184 cm³/mol. The van der Waals surface area contributed by atoms with E-state index in [0.29, 0.717) is 11.1 Å². The van der Waals surface area contributed by atoms with Gasteiger partial charge in [-0.3, -0.25) is 14.4 Å². The molecule has 2 aliphatic heterocycles. The lowest BCUT2D eigenvalue weighted by Crippen LogP contribution is -2.54. The lowest BCUT2D eigenvalue weighted by molar-refractivity contribution is -0.157. The first-order valence-electron chi connectivity index (χ1n) is 17.1. The fourth-order valence-corrected chi connectivity index (χ4v) is 6.39. The Balaban J connectivity index is 1.89. The van der Waals surface area contributed by atoms with Gasteiger partial charge in [0.1, 0.15) is 29.5 Å². The van der Waals surface area contributed by atoms with Gasteiger partial charge in [0, 0.05) is 31.4 Å². The Morgan fingerprint density at radius 3 is 2.47 bits per heavy atom. The number of amides is 1. The van der Waals surface area contributed by atoms with Crippen LogP contribution in [-0.2, 0) is 28.5 Å². The molecular weight excluding hydrogens is 630 g/mol.